The van der Waals surface area contributed by atoms with Crippen molar-refractivity contribution in [2.24, 2.45) is 0 Å². The minimum absolute atomic E-state index is 0.0213. The molecule has 0 spiro atoms. The van der Waals surface area contributed by atoms with Crippen molar-refractivity contribution in [1.82, 2.24) is 9.80 Å². The standard InChI is InChI=1S/C37H40N2O6/c1-38-13-12-24-18-31(41-3)34(40)37-33(24)30(38)17-23-9-7-10-27(16-23)44-35-29-20-26(14-22-8-6-11-28(15-22)45-37)39(2)21-25(29)19-32(42-4)36(35)43-5/h6-11,15-16,18-19,26,30,40H,12-14,17,20-21H2,1-5H3/t26-,30?/m1/s1. The number of fused-ring (bicyclic) bond motifs is 5. The number of aromatic hydroxyl groups is 1. The summed E-state index contributed by atoms with van der Waals surface area (Å²) in [4.78, 5) is 4.71. The molecule has 3 aliphatic rings. The van der Waals surface area contributed by atoms with Gasteiger partial charge in [-0.2, -0.15) is 0 Å². The average molecular weight is 609 g/mol. The molecule has 0 radical (unpaired) electrons. The highest BCUT2D eigenvalue weighted by Crippen LogP contribution is 2.50. The number of methoxy groups -OCH3 is 3. The molecule has 0 fully saturated rings. The number of likely N-dealkylation sites (N-methyl/N-ethyl adjacent to an activating group) is 2. The highest BCUT2D eigenvalue weighted by Gasteiger charge is 2.34. The van der Waals surface area contributed by atoms with E-state index in [9.17, 15) is 5.11 Å². The van der Waals surface area contributed by atoms with Gasteiger partial charge >= 0.3 is 0 Å². The van der Waals surface area contributed by atoms with Gasteiger partial charge in [0.25, 0.3) is 0 Å². The van der Waals surface area contributed by atoms with E-state index >= 15 is 0 Å². The molecule has 3 aliphatic heterocycles. The number of nitrogens with zero attached hydrogens (tertiary/aromatic N) is 2. The summed E-state index contributed by atoms with van der Waals surface area (Å²) in [6.45, 7) is 1.63. The van der Waals surface area contributed by atoms with Crippen molar-refractivity contribution in [2.45, 2.75) is 44.3 Å². The summed E-state index contributed by atoms with van der Waals surface area (Å²) in [6, 6.07) is 20.7. The van der Waals surface area contributed by atoms with Crippen LogP contribution in [0.1, 0.15) is 39.4 Å². The van der Waals surface area contributed by atoms with Gasteiger partial charge in [-0.3, -0.25) is 9.80 Å². The molecular formula is C37H40N2O6. The Labute approximate surface area is 264 Å². The van der Waals surface area contributed by atoms with E-state index in [0.29, 0.717) is 40.9 Å². The Bertz CT molecular complexity index is 1750. The molecular weight excluding hydrogens is 568 g/mol. The molecule has 7 rings (SSSR count). The second-order valence-electron chi connectivity index (χ2n) is 12.3. The molecule has 4 aromatic rings. The maximum absolute atomic E-state index is 11.5. The topological polar surface area (TPSA) is 72.9 Å². The number of rotatable bonds is 3. The van der Waals surface area contributed by atoms with Crippen LogP contribution in [0, 0.1) is 0 Å². The minimum atomic E-state index is -0.0386. The van der Waals surface area contributed by atoms with E-state index in [-0.39, 0.29) is 17.8 Å². The van der Waals surface area contributed by atoms with Crippen molar-refractivity contribution in [1.29, 1.82) is 0 Å². The summed E-state index contributed by atoms with van der Waals surface area (Å²) in [5.74, 6) is 4.30. The lowest BCUT2D eigenvalue weighted by Gasteiger charge is -2.36. The number of hydrogen-bond donors (Lipinski definition) is 1. The van der Waals surface area contributed by atoms with Gasteiger partial charge in [-0.25, -0.2) is 0 Å². The normalized spacial score (nSPS) is 19.4. The van der Waals surface area contributed by atoms with Crippen molar-refractivity contribution in [3.63, 3.8) is 0 Å². The molecule has 2 atom stereocenters. The van der Waals surface area contributed by atoms with E-state index in [0.717, 1.165) is 65.9 Å². The Morgan fingerprint density at radius 1 is 0.733 bits per heavy atom. The second kappa shape index (κ2) is 11.8. The lowest BCUT2D eigenvalue weighted by atomic mass is 9.87. The molecule has 8 nitrogen and oxygen atoms in total. The fourth-order valence-electron chi connectivity index (χ4n) is 7.20. The molecule has 45 heavy (non-hydrogen) atoms. The number of ether oxygens (including phenoxy) is 5. The molecule has 3 heterocycles. The molecule has 4 aromatic carbocycles. The van der Waals surface area contributed by atoms with E-state index < -0.39 is 0 Å². The first-order valence-corrected chi connectivity index (χ1v) is 15.5. The minimum Gasteiger partial charge on any atom is -0.502 e. The highest BCUT2D eigenvalue weighted by molar-refractivity contribution is 5.63. The summed E-state index contributed by atoms with van der Waals surface area (Å²) < 4.78 is 30.7. The van der Waals surface area contributed by atoms with E-state index in [2.05, 4.69) is 54.2 Å². The molecule has 0 aliphatic carbocycles. The Balaban J connectivity index is 1.42. The van der Waals surface area contributed by atoms with Gasteiger partial charge in [0.1, 0.15) is 11.5 Å². The van der Waals surface area contributed by atoms with Crippen LogP contribution in [0.5, 0.6) is 46.0 Å². The fourth-order valence-corrected chi connectivity index (χ4v) is 7.20. The van der Waals surface area contributed by atoms with E-state index in [1.54, 1.807) is 21.3 Å². The van der Waals surface area contributed by atoms with Crippen LogP contribution >= 0.6 is 0 Å². The van der Waals surface area contributed by atoms with Crippen molar-refractivity contribution >= 4 is 0 Å². The van der Waals surface area contributed by atoms with Crippen molar-refractivity contribution < 1.29 is 28.8 Å². The Hall–Kier alpha value is -4.40. The quantitative estimate of drug-likeness (QED) is 0.276. The van der Waals surface area contributed by atoms with E-state index in [1.807, 2.05) is 30.3 Å². The lowest BCUT2D eigenvalue weighted by molar-refractivity contribution is 0.210. The molecule has 1 N–H and O–H groups in total. The number of phenols is 1. The second-order valence-corrected chi connectivity index (χ2v) is 12.3. The summed E-state index contributed by atoms with van der Waals surface area (Å²) in [5.41, 5.74) is 6.67. The van der Waals surface area contributed by atoms with Crippen LogP contribution in [-0.4, -0.2) is 62.9 Å². The van der Waals surface area contributed by atoms with Gasteiger partial charge in [-0.15, -0.1) is 0 Å². The monoisotopic (exact) mass is 608 g/mol. The van der Waals surface area contributed by atoms with Crippen LogP contribution in [0.2, 0.25) is 0 Å². The van der Waals surface area contributed by atoms with Crippen LogP contribution in [0.3, 0.4) is 0 Å². The van der Waals surface area contributed by atoms with Gasteiger partial charge in [0.05, 0.1) is 21.3 Å². The van der Waals surface area contributed by atoms with Crippen LogP contribution in [0.25, 0.3) is 0 Å². The smallest absolute Gasteiger partial charge is 0.204 e. The molecule has 1 unspecified atom stereocenters. The summed E-state index contributed by atoms with van der Waals surface area (Å²) >= 11 is 0. The van der Waals surface area contributed by atoms with Crippen molar-refractivity contribution in [3.05, 3.63) is 94.0 Å². The molecule has 0 aromatic heterocycles. The number of hydrogen-bond acceptors (Lipinski definition) is 8. The molecule has 0 saturated carbocycles. The third-order valence-electron chi connectivity index (χ3n) is 9.60. The van der Waals surface area contributed by atoms with Crippen LogP contribution in [0.4, 0.5) is 0 Å². The zero-order chi connectivity index (χ0) is 31.2. The maximum atomic E-state index is 11.5. The first kappa shape index (κ1) is 29.3. The van der Waals surface area contributed by atoms with Crippen LogP contribution in [0.15, 0.2) is 60.7 Å². The number of benzene rings is 4. The van der Waals surface area contributed by atoms with Gasteiger partial charge in [0.2, 0.25) is 11.5 Å². The maximum Gasteiger partial charge on any atom is 0.204 e. The molecule has 8 heteroatoms. The number of phenolic OH excluding ortho intramolecular Hbond substituents is 1. The molecule has 6 bridgehead atoms. The molecule has 0 amide bonds. The third kappa shape index (κ3) is 5.32. The van der Waals surface area contributed by atoms with Crippen molar-refractivity contribution in [3.8, 4) is 46.0 Å². The first-order valence-electron chi connectivity index (χ1n) is 15.5. The summed E-state index contributed by atoms with van der Waals surface area (Å²) in [6.07, 6.45) is 3.11. The van der Waals surface area contributed by atoms with Crippen LogP contribution in [-0.2, 0) is 32.2 Å². The molecule has 0 saturated heterocycles. The summed E-state index contributed by atoms with van der Waals surface area (Å²) in [7, 11) is 9.21. The van der Waals surface area contributed by atoms with Gasteiger partial charge in [-0.1, -0.05) is 24.3 Å². The zero-order valence-corrected chi connectivity index (χ0v) is 26.6. The Morgan fingerprint density at radius 2 is 1.40 bits per heavy atom. The molecule has 234 valence electrons. The fraction of sp³-hybridized carbons (Fsp3) is 0.351. The van der Waals surface area contributed by atoms with Gasteiger partial charge < -0.3 is 28.8 Å². The van der Waals surface area contributed by atoms with Crippen molar-refractivity contribution in [2.75, 3.05) is 42.0 Å². The summed E-state index contributed by atoms with van der Waals surface area (Å²) in [5, 5.41) is 11.5. The largest absolute Gasteiger partial charge is 0.502 e. The zero-order valence-electron chi connectivity index (χ0n) is 26.6. The third-order valence-corrected chi connectivity index (χ3v) is 9.60. The first-order chi connectivity index (χ1) is 21.9. The van der Waals surface area contributed by atoms with E-state index in [1.165, 1.54) is 5.56 Å². The van der Waals surface area contributed by atoms with Gasteiger partial charge in [0.15, 0.2) is 23.0 Å². The Kier molecular flexibility index (Phi) is 7.71. The Morgan fingerprint density at radius 3 is 2.09 bits per heavy atom. The van der Waals surface area contributed by atoms with E-state index in [4.69, 9.17) is 23.7 Å². The SMILES string of the molecule is COc1cc2c3c(c1O)Oc1cccc(c1)C[C@@H]1Cc4c(cc(OC)c(OC)c4Oc4cccc(c4)CC3N(C)CC2)CN1C. The van der Waals surface area contributed by atoms with Gasteiger partial charge in [-0.05, 0) is 98.4 Å². The van der Waals surface area contributed by atoms with Gasteiger partial charge in [0, 0.05) is 36.3 Å². The lowest BCUT2D eigenvalue weighted by Crippen LogP contribution is -2.39. The highest BCUT2D eigenvalue weighted by atomic mass is 16.5. The predicted octanol–water partition coefficient (Wildman–Crippen LogP) is 6.69. The van der Waals surface area contributed by atoms with Crippen LogP contribution < -0.4 is 23.7 Å². The average Bonchev–Trinajstić information content (AvgIpc) is 3.04. The predicted molar refractivity (Wildman–Crippen MR) is 173 cm³/mol.